The molecular formula is C30H37NO5. The monoisotopic (exact) mass is 491 g/mol. The lowest BCUT2D eigenvalue weighted by atomic mass is 9.85. The van der Waals surface area contributed by atoms with E-state index >= 15 is 0 Å². The molecule has 192 valence electrons. The van der Waals surface area contributed by atoms with Crippen molar-refractivity contribution in [2.24, 2.45) is 11.8 Å². The van der Waals surface area contributed by atoms with E-state index in [2.05, 4.69) is 35.8 Å². The van der Waals surface area contributed by atoms with Gasteiger partial charge in [0, 0.05) is 36.8 Å². The summed E-state index contributed by atoms with van der Waals surface area (Å²) >= 11 is 0. The number of hydrogen-bond donors (Lipinski definition) is 2. The summed E-state index contributed by atoms with van der Waals surface area (Å²) in [6, 6.07) is 14.5. The molecule has 1 aliphatic carbocycles. The molecule has 0 spiro atoms. The van der Waals surface area contributed by atoms with Crippen molar-refractivity contribution < 1.29 is 24.5 Å². The first-order valence-electron chi connectivity index (χ1n) is 12.8. The van der Waals surface area contributed by atoms with Gasteiger partial charge in [0.1, 0.15) is 11.5 Å². The van der Waals surface area contributed by atoms with Gasteiger partial charge in [0.25, 0.3) is 0 Å². The Morgan fingerprint density at radius 1 is 1.08 bits per heavy atom. The number of aliphatic hydroxyl groups excluding tert-OH is 1. The Bertz CT molecular complexity index is 1130. The van der Waals surface area contributed by atoms with Gasteiger partial charge in [-0.05, 0) is 78.5 Å². The Kier molecular flexibility index (Phi) is 8.36. The molecule has 0 radical (unpaired) electrons. The molecule has 2 N–H and O–H groups in total. The van der Waals surface area contributed by atoms with Crippen LogP contribution in [0.5, 0.6) is 11.5 Å². The fraction of sp³-hybridized carbons (Fsp3) is 0.433. The van der Waals surface area contributed by atoms with Gasteiger partial charge in [-0.1, -0.05) is 31.2 Å². The van der Waals surface area contributed by atoms with E-state index in [1.54, 1.807) is 14.2 Å². The van der Waals surface area contributed by atoms with E-state index in [9.17, 15) is 9.90 Å². The van der Waals surface area contributed by atoms with Crippen LogP contribution in [0.25, 0.3) is 0 Å². The predicted molar refractivity (Wildman–Crippen MR) is 140 cm³/mol. The number of carbonyl (C=O) groups is 1. The molecule has 4 rings (SSSR count). The zero-order chi connectivity index (χ0) is 25.7. The molecule has 36 heavy (non-hydrogen) atoms. The molecule has 0 saturated heterocycles. The fourth-order valence-electron chi connectivity index (χ4n) is 5.62. The van der Waals surface area contributed by atoms with Gasteiger partial charge < -0.3 is 24.3 Å². The summed E-state index contributed by atoms with van der Waals surface area (Å²) in [5.74, 6) is 1.09. The number of aliphatic carboxylic acids is 1. The first-order chi connectivity index (χ1) is 17.4. The lowest BCUT2D eigenvalue weighted by Crippen LogP contribution is -2.22. The van der Waals surface area contributed by atoms with Crippen molar-refractivity contribution in [2.45, 2.75) is 58.1 Å². The minimum Gasteiger partial charge on any atom is -0.496 e. The standard InChI is InChI=1S/C30H37NO5/c1-4-26-27(35-2)16-24(17-28(26)36-3)30(34)25(15-21-13-22-7-5-6-8-23(22)14-21)19-31-12-11-20(18-31)9-10-29(32)33/h5-8,11-12,16-18,21,25,30,34H,4,9-10,13-15,19H2,1-3H3,(H,32,33)/t25-,30+/m0/s1. The molecule has 2 atom stereocenters. The Morgan fingerprint density at radius 2 is 1.72 bits per heavy atom. The van der Waals surface area contributed by atoms with Gasteiger partial charge in [0.15, 0.2) is 0 Å². The number of aromatic nitrogens is 1. The number of carboxylic acid groups (broad SMARTS) is 1. The second kappa shape index (κ2) is 11.7. The highest BCUT2D eigenvalue weighted by atomic mass is 16.5. The van der Waals surface area contributed by atoms with Gasteiger partial charge in [-0.2, -0.15) is 0 Å². The van der Waals surface area contributed by atoms with E-state index in [1.807, 2.05) is 30.6 Å². The van der Waals surface area contributed by atoms with Crippen molar-refractivity contribution in [3.8, 4) is 11.5 Å². The molecule has 1 aliphatic rings. The highest BCUT2D eigenvalue weighted by Crippen LogP contribution is 2.39. The van der Waals surface area contributed by atoms with Crippen LogP contribution in [0.1, 0.15) is 53.7 Å². The number of rotatable bonds is 12. The van der Waals surface area contributed by atoms with Crippen molar-refractivity contribution in [2.75, 3.05) is 14.2 Å². The number of nitrogens with zero attached hydrogens (tertiary/aromatic N) is 1. The Morgan fingerprint density at radius 3 is 2.28 bits per heavy atom. The van der Waals surface area contributed by atoms with E-state index in [0.29, 0.717) is 18.9 Å². The lowest BCUT2D eigenvalue weighted by Gasteiger charge is -2.27. The SMILES string of the molecule is CCc1c(OC)cc([C@@H](O)[C@@H](CC2Cc3ccccc3C2)Cn2ccc(CCC(=O)O)c2)cc1OC. The summed E-state index contributed by atoms with van der Waals surface area (Å²) in [6.07, 6.45) is 7.60. The lowest BCUT2D eigenvalue weighted by molar-refractivity contribution is -0.136. The average molecular weight is 492 g/mol. The number of ether oxygens (including phenoxy) is 2. The van der Waals surface area contributed by atoms with Crippen molar-refractivity contribution in [3.63, 3.8) is 0 Å². The third kappa shape index (κ3) is 5.93. The van der Waals surface area contributed by atoms with Crippen LogP contribution in [-0.4, -0.2) is 35.0 Å². The Labute approximate surface area is 213 Å². The molecule has 0 unspecified atom stereocenters. The van der Waals surface area contributed by atoms with Crippen molar-refractivity contribution in [1.29, 1.82) is 0 Å². The van der Waals surface area contributed by atoms with Gasteiger partial charge in [0.2, 0.25) is 0 Å². The number of benzene rings is 2. The minimum atomic E-state index is -0.796. The van der Waals surface area contributed by atoms with E-state index in [4.69, 9.17) is 14.6 Å². The third-order valence-electron chi connectivity index (χ3n) is 7.43. The maximum atomic E-state index is 11.7. The third-order valence-corrected chi connectivity index (χ3v) is 7.43. The highest BCUT2D eigenvalue weighted by molar-refractivity contribution is 5.67. The van der Waals surface area contributed by atoms with Crippen molar-refractivity contribution in [1.82, 2.24) is 4.57 Å². The topological polar surface area (TPSA) is 80.9 Å². The number of hydrogen-bond acceptors (Lipinski definition) is 4. The largest absolute Gasteiger partial charge is 0.496 e. The van der Waals surface area contributed by atoms with Gasteiger partial charge in [-0.25, -0.2) is 0 Å². The summed E-state index contributed by atoms with van der Waals surface area (Å²) in [5.41, 5.74) is 5.59. The number of aliphatic hydroxyl groups is 1. The summed E-state index contributed by atoms with van der Waals surface area (Å²) in [4.78, 5) is 11.0. The molecule has 0 fully saturated rings. The first-order valence-corrected chi connectivity index (χ1v) is 12.8. The summed E-state index contributed by atoms with van der Waals surface area (Å²) in [5, 5.41) is 20.7. The summed E-state index contributed by atoms with van der Waals surface area (Å²) in [7, 11) is 3.30. The normalized spacial score (nSPS) is 14.9. The van der Waals surface area contributed by atoms with Crippen LogP contribution in [0, 0.1) is 11.8 Å². The van der Waals surface area contributed by atoms with Gasteiger partial charge in [-0.3, -0.25) is 4.79 Å². The van der Waals surface area contributed by atoms with Crippen LogP contribution in [0.15, 0.2) is 54.9 Å². The maximum Gasteiger partial charge on any atom is 0.303 e. The van der Waals surface area contributed by atoms with Gasteiger partial charge in [0.05, 0.1) is 20.3 Å². The number of carboxylic acids is 1. The van der Waals surface area contributed by atoms with Gasteiger partial charge in [-0.15, -0.1) is 0 Å². The van der Waals surface area contributed by atoms with E-state index in [-0.39, 0.29) is 12.3 Å². The molecule has 0 bridgehead atoms. The molecule has 6 heteroatoms. The van der Waals surface area contributed by atoms with E-state index < -0.39 is 12.1 Å². The van der Waals surface area contributed by atoms with Crippen molar-refractivity contribution >= 4 is 5.97 Å². The maximum absolute atomic E-state index is 11.7. The van der Waals surface area contributed by atoms with Crippen LogP contribution >= 0.6 is 0 Å². The zero-order valence-electron chi connectivity index (χ0n) is 21.4. The van der Waals surface area contributed by atoms with E-state index in [1.165, 1.54) is 11.1 Å². The average Bonchev–Trinajstić information content (AvgIpc) is 3.51. The quantitative estimate of drug-likeness (QED) is 0.362. The molecule has 0 saturated carbocycles. The Hall–Kier alpha value is -3.25. The smallest absolute Gasteiger partial charge is 0.303 e. The second-order valence-corrected chi connectivity index (χ2v) is 9.85. The molecule has 1 heterocycles. The summed E-state index contributed by atoms with van der Waals surface area (Å²) < 4.78 is 13.4. The van der Waals surface area contributed by atoms with Gasteiger partial charge >= 0.3 is 5.97 Å². The van der Waals surface area contributed by atoms with Crippen molar-refractivity contribution in [3.05, 3.63) is 82.7 Å². The fourth-order valence-corrected chi connectivity index (χ4v) is 5.62. The first kappa shape index (κ1) is 25.8. The molecule has 2 aromatic carbocycles. The van der Waals surface area contributed by atoms with Crippen LogP contribution < -0.4 is 9.47 Å². The second-order valence-electron chi connectivity index (χ2n) is 9.85. The molecule has 1 aromatic heterocycles. The summed E-state index contributed by atoms with van der Waals surface area (Å²) in [6.45, 7) is 2.70. The van der Waals surface area contributed by atoms with E-state index in [0.717, 1.165) is 53.9 Å². The number of aryl methyl sites for hydroxylation is 1. The zero-order valence-corrected chi connectivity index (χ0v) is 21.4. The molecule has 0 aliphatic heterocycles. The number of methoxy groups -OCH3 is 2. The molecular weight excluding hydrogens is 454 g/mol. The number of fused-ring (bicyclic) bond motifs is 1. The molecule has 6 nitrogen and oxygen atoms in total. The van der Waals surface area contributed by atoms with Crippen LogP contribution in [0.2, 0.25) is 0 Å². The van der Waals surface area contributed by atoms with Crippen LogP contribution in [0.3, 0.4) is 0 Å². The van der Waals surface area contributed by atoms with Crippen LogP contribution in [0.4, 0.5) is 0 Å². The van der Waals surface area contributed by atoms with Crippen LogP contribution in [-0.2, 0) is 37.0 Å². The predicted octanol–water partition coefficient (Wildman–Crippen LogP) is 5.24. The highest BCUT2D eigenvalue weighted by Gasteiger charge is 2.30. The molecule has 3 aromatic rings. The minimum absolute atomic E-state index is 0.0362. The Balaban J connectivity index is 1.59. The molecule has 0 amide bonds.